The van der Waals surface area contributed by atoms with Crippen LogP contribution in [0.1, 0.15) is 37.6 Å². The molecular formula is C21H26N2O3. The predicted octanol–water partition coefficient (Wildman–Crippen LogP) is 3.96. The van der Waals surface area contributed by atoms with Gasteiger partial charge in [-0.1, -0.05) is 25.1 Å². The van der Waals surface area contributed by atoms with E-state index in [4.69, 9.17) is 4.74 Å². The molecule has 1 atom stereocenters. The quantitative estimate of drug-likeness (QED) is 0.780. The minimum atomic E-state index is -0.575. The number of carbonyl (C=O) groups is 2. The fourth-order valence-corrected chi connectivity index (χ4v) is 2.60. The first-order valence-corrected chi connectivity index (χ1v) is 9.00. The van der Waals surface area contributed by atoms with E-state index in [1.165, 1.54) is 0 Å². The molecular weight excluding hydrogens is 328 g/mol. The Morgan fingerprint density at radius 1 is 0.962 bits per heavy atom. The molecule has 138 valence electrons. The molecule has 0 radical (unpaired) electrons. The molecule has 0 aliphatic carbocycles. The number of rotatable bonds is 8. The molecule has 5 nitrogen and oxygen atoms in total. The zero-order valence-corrected chi connectivity index (χ0v) is 15.6. The number of nitrogens with one attached hydrogen (secondary N) is 1. The van der Waals surface area contributed by atoms with Crippen LogP contribution in [0.2, 0.25) is 0 Å². The molecule has 0 saturated heterocycles. The maximum absolute atomic E-state index is 12.5. The number of benzene rings is 2. The van der Waals surface area contributed by atoms with Gasteiger partial charge in [-0.05, 0) is 56.7 Å². The Labute approximate surface area is 155 Å². The van der Waals surface area contributed by atoms with Gasteiger partial charge in [0.25, 0.3) is 11.8 Å². The minimum absolute atomic E-state index is 0.00766. The molecule has 26 heavy (non-hydrogen) atoms. The molecule has 0 saturated carbocycles. The second-order valence-electron chi connectivity index (χ2n) is 5.87. The lowest BCUT2D eigenvalue weighted by molar-refractivity contribution is -0.122. The summed E-state index contributed by atoms with van der Waals surface area (Å²) in [6.07, 6.45) is -0.0198. The number of nitrogens with zero attached hydrogens (tertiary/aromatic N) is 1. The first-order valence-electron chi connectivity index (χ1n) is 9.00. The van der Waals surface area contributed by atoms with E-state index >= 15 is 0 Å². The van der Waals surface area contributed by atoms with Gasteiger partial charge < -0.3 is 15.0 Å². The van der Waals surface area contributed by atoms with Crippen molar-refractivity contribution in [3.63, 3.8) is 0 Å². The Hall–Kier alpha value is -2.82. The van der Waals surface area contributed by atoms with Gasteiger partial charge in [0.2, 0.25) is 0 Å². The van der Waals surface area contributed by atoms with E-state index in [1.54, 1.807) is 29.2 Å². The third-order valence-electron chi connectivity index (χ3n) is 4.13. The monoisotopic (exact) mass is 354 g/mol. The molecule has 0 fully saturated rings. The highest BCUT2D eigenvalue weighted by molar-refractivity contribution is 5.97. The first kappa shape index (κ1) is 19.5. The average Bonchev–Trinajstić information content (AvgIpc) is 2.68. The zero-order valence-electron chi connectivity index (χ0n) is 15.6. The Balaban J connectivity index is 2.00. The number of ether oxygens (including phenoxy) is 1. The summed E-state index contributed by atoms with van der Waals surface area (Å²) >= 11 is 0. The largest absolute Gasteiger partial charge is 0.481 e. The lowest BCUT2D eigenvalue weighted by atomic mass is 10.1. The Kier molecular flexibility index (Phi) is 7.21. The second-order valence-corrected chi connectivity index (χ2v) is 5.87. The second kappa shape index (κ2) is 9.61. The number of hydrogen-bond donors (Lipinski definition) is 1. The van der Waals surface area contributed by atoms with Crippen LogP contribution in [-0.4, -0.2) is 35.9 Å². The standard InChI is InChI=1S/C21H26N2O3/c1-4-19(26-18-10-8-7-9-11-18)20(24)22-17-14-12-16(13-15-17)21(25)23(5-2)6-3/h7-15,19H,4-6H2,1-3H3,(H,22,24)/t19-/m0/s1. The Bertz CT molecular complexity index is 710. The zero-order chi connectivity index (χ0) is 18.9. The van der Waals surface area contributed by atoms with Gasteiger partial charge in [-0.2, -0.15) is 0 Å². The van der Waals surface area contributed by atoms with Crippen molar-refractivity contribution in [3.05, 3.63) is 60.2 Å². The summed E-state index contributed by atoms with van der Waals surface area (Å²) in [5.74, 6) is 0.445. The number of amides is 2. The normalized spacial score (nSPS) is 11.5. The van der Waals surface area contributed by atoms with Crippen molar-refractivity contribution in [2.75, 3.05) is 18.4 Å². The molecule has 1 N–H and O–H groups in total. The van der Waals surface area contributed by atoms with E-state index in [-0.39, 0.29) is 11.8 Å². The van der Waals surface area contributed by atoms with Gasteiger partial charge in [0.05, 0.1) is 0 Å². The predicted molar refractivity (Wildman–Crippen MR) is 103 cm³/mol. The summed E-state index contributed by atoms with van der Waals surface area (Å²) < 4.78 is 5.75. The smallest absolute Gasteiger partial charge is 0.265 e. The number of hydrogen-bond acceptors (Lipinski definition) is 3. The van der Waals surface area contributed by atoms with Crippen LogP contribution in [0.5, 0.6) is 5.75 Å². The van der Waals surface area contributed by atoms with Crippen LogP contribution in [0.3, 0.4) is 0 Å². The van der Waals surface area contributed by atoms with E-state index in [1.807, 2.05) is 51.1 Å². The van der Waals surface area contributed by atoms with Gasteiger partial charge in [0.1, 0.15) is 5.75 Å². The van der Waals surface area contributed by atoms with E-state index < -0.39 is 6.10 Å². The molecule has 0 aliphatic rings. The van der Waals surface area contributed by atoms with Gasteiger partial charge >= 0.3 is 0 Å². The van der Waals surface area contributed by atoms with Crippen LogP contribution in [0.15, 0.2) is 54.6 Å². The third-order valence-corrected chi connectivity index (χ3v) is 4.13. The van der Waals surface area contributed by atoms with Crippen LogP contribution in [0, 0.1) is 0 Å². The van der Waals surface area contributed by atoms with Crippen LogP contribution in [-0.2, 0) is 4.79 Å². The maximum atomic E-state index is 12.5. The number of carbonyl (C=O) groups excluding carboxylic acids is 2. The van der Waals surface area contributed by atoms with Crippen molar-refractivity contribution in [3.8, 4) is 5.75 Å². The molecule has 0 aromatic heterocycles. The molecule has 0 unspecified atom stereocenters. The van der Waals surface area contributed by atoms with Gasteiger partial charge in [-0.3, -0.25) is 9.59 Å². The van der Waals surface area contributed by atoms with Crippen LogP contribution < -0.4 is 10.1 Å². The van der Waals surface area contributed by atoms with Crippen molar-refractivity contribution >= 4 is 17.5 Å². The summed E-state index contributed by atoms with van der Waals surface area (Å²) in [6.45, 7) is 7.14. The average molecular weight is 354 g/mol. The molecule has 0 heterocycles. The van der Waals surface area contributed by atoms with Crippen LogP contribution in [0.4, 0.5) is 5.69 Å². The van der Waals surface area contributed by atoms with E-state index in [2.05, 4.69) is 5.32 Å². The Morgan fingerprint density at radius 3 is 2.12 bits per heavy atom. The third kappa shape index (κ3) is 5.09. The molecule has 0 bridgehead atoms. The molecule has 0 aliphatic heterocycles. The summed E-state index contributed by atoms with van der Waals surface area (Å²) in [4.78, 5) is 26.5. The summed E-state index contributed by atoms with van der Waals surface area (Å²) in [7, 11) is 0. The van der Waals surface area contributed by atoms with Crippen molar-refractivity contribution < 1.29 is 14.3 Å². The molecule has 2 amide bonds. The van der Waals surface area contributed by atoms with Gasteiger partial charge in [0.15, 0.2) is 6.10 Å². The van der Waals surface area contributed by atoms with E-state index in [0.717, 1.165) is 0 Å². The van der Waals surface area contributed by atoms with Gasteiger partial charge in [-0.25, -0.2) is 0 Å². The highest BCUT2D eigenvalue weighted by Crippen LogP contribution is 2.16. The fraction of sp³-hybridized carbons (Fsp3) is 0.333. The highest BCUT2D eigenvalue weighted by Gasteiger charge is 2.19. The number of anilines is 1. The SMILES string of the molecule is CC[C@H](Oc1ccccc1)C(=O)Nc1ccc(C(=O)N(CC)CC)cc1. The lowest BCUT2D eigenvalue weighted by Crippen LogP contribution is -2.32. The van der Waals surface area contributed by atoms with E-state index in [9.17, 15) is 9.59 Å². The maximum Gasteiger partial charge on any atom is 0.265 e. The molecule has 2 aromatic carbocycles. The highest BCUT2D eigenvalue weighted by atomic mass is 16.5. The van der Waals surface area contributed by atoms with Crippen molar-refractivity contribution in [1.29, 1.82) is 0 Å². The minimum Gasteiger partial charge on any atom is -0.481 e. The summed E-state index contributed by atoms with van der Waals surface area (Å²) in [5.41, 5.74) is 1.25. The van der Waals surface area contributed by atoms with Crippen molar-refractivity contribution in [2.45, 2.75) is 33.3 Å². The summed E-state index contributed by atoms with van der Waals surface area (Å²) in [5, 5.41) is 2.85. The van der Waals surface area contributed by atoms with E-state index in [0.29, 0.717) is 36.5 Å². The van der Waals surface area contributed by atoms with Crippen LogP contribution >= 0.6 is 0 Å². The number of para-hydroxylation sites is 1. The first-order chi connectivity index (χ1) is 12.6. The molecule has 2 aromatic rings. The van der Waals surface area contributed by atoms with Gasteiger partial charge in [0, 0.05) is 24.3 Å². The van der Waals surface area contributed by atoms with Crippen molar-refractivity contribution in [2.24, 2.45) is 0 Å². The molecule has 5 heteroatoms. The van der Waals surface area contributed by atoms with Gasteiger partial charge in [-0.15, -0.1) is 0 Å². The molecule has 0 spiro atoms. The summed E-state index contributed by atoms with van der Waals surface area (Å²) in [6, 6.07) is 16.2. The lowest BCUT2D eigenvalue weighted by Gasteiger charge is -2.19. The van der Waals surface area contributed by atoms with Crippen molar-refractivity contribution in [1.82, 2.24) is 4.90 Å². The molecule has 2 rings (SSSR count). The van der Waals surface area contributed by atoms with Crippen LogP contribution in [0.25, 0.3) is 0 Å². The fourth-order valence-electron chi connectivity index (χ4n) is 2.60. The topological polar surface area (TPSA) is 58.6 Å². The Morgan fingerprint density at radius 2 is 1.58 bits per heavy atom.